The normalized spacial score (nSPS) is 18.6. The predicted octanol–water partition coefficient (Wildman–Crippen LogP) is 6.08. The summed E-state index contributed by atoms with van der Waals surface area (Å²) in [5.74, 6) is 0.278. The topological polar surface area (TPSA) is 0 Å². The van der Waals surface area contributed by atoms with Crippen molar-refractivity contribution in [3.8, 4) is 0 Å². The monoisotopic (exact) mass is 296 g/mol. The summed E-state index contributed by atoms with van der Waals surface area (Å²) in [7, 11) is 0. The molecular weight excluding hydrogens is 276 g/mol. The van der Waals surface area contributed by atoms with Crippen molar-refractivity contribution < 1.29 is 0 Å². The molecule has 2 aromatic carbocycles. The highest BCUT2D eigenvalue weighted by Crippen LogP contribution is 2.24. The summed E-state index contributed by atoms with van der Waals surface area (Å²) in [4.78, 5) is 0. The smallest absolute Gasteiger partial charge is 0.0205 e. The minimum absolute atomic E-state index is 0.278. The van der Waals surface area contributed by atoms with E-state index in [2.05, 4.69) is 85.5 Å². The van der Waals surface area contributed by atoms with E-state index in [-0.39, 0.29) is 5.92 Å². The van der Waals surface area contributed by atoms with Crippen molar-refractivity contribution in [1.29, 1.82) is 0 Å². The molecule has 0 heterocycles. The zero-order valence-electron chi connectivity index (χ0n) is 13.1. The third kappa shape index (κ3) is 4.08. The van der Waals surface area contributed by atoms with Gasteiger partial charge in [0.05, 0.1) is 0 Å². The molecule has 0 heteroatoms. The molecule has 2 aromatic rings. The fourth-order valence-electron chi connectivity index (χ4n) is 2.60. The average Bonchev–Trinajstić information content (AvgIpc) is 2.62. The van der Waals surface area contributed by atoms with Gasteiger partial charge in [-0.25, -0.2) is 0 Å². The van der Waals surface area contributed by atoms with Crippen LogP contribution in [-0.4, -0.2) is 0 Å². The van der Waals surface area contributed by atoms with E-state index in [1.165, 1.54) is 11.1 Å². The van der Waals surface area contributed by atoms with E-state index >= 15 is 0 Å². The van der Waals surface area contributed by atoms with Crippen LogP contribution >= 0.6 is 0 Å². The van der Waals surface area contributed by atoms with Gasteiger partial charge >= 0.3 is 0 Å². The summed E-state index contributed by atoms with van der Waals surface area (Å²) in [6.45, 7) is 4.17. The first-order chi connectivity index (χ1) is 11.3. The Morgan fingerprint density at radius 2 is 1.57 bits per heavy atom. The Morgan fingerprint density at radius 1 is 0.870 bits per heavy atom. The van der Waals surface area contributed by atoms with E-state index in [0.29, 0.717) is 0 Å². The molecule has 112 valence electrons. The van der Waals surface area contributed by atoms with Crippen molar-refractivity contribution in [3.63, 3.8) is 0 Å². The van der Waals surface area contributed by atoms with Gasteiger partial charge in [-0.2, -0.15) is 0 Å². The van der Waals surface area contributed by atoms with Crippen LogP contribution in [-0.2, 0) is 0 Å². The molecule has 0 amide bonds. The highest BCUT2D eigenvalue weighted by molar-refractivity contribution is 5.72. The third-order valence-corrected chi connectivity index (χ3v) is 3.89. The molecule has 0 saturated heterocycles. The Balaban J connectivity index is 1.79. The minimum atomic E-state index is 0.278. The number of allylic oxidation sites excluding steroid dienone is 8. The van der Waals surface area contributed by atoms with Crippen molar-refractivity contribution >= 4 is 11.6 Å². The molecule has 23 heavy (non-hydrogen) atoms. The van der Waals surface area contributed by atoms with Crippen LogP contribution < -0.4 is 0 Å². The van der Waals surface area contributed by atoms with Gasteiger partial charge in [0.25, 0.3) is 0 Å². The number of hydrogen-bond donors (Lipinski definition) is 0. The van der Waals surface area contributed by atoms with E-state index < -0.39 is 0 Å². The maximum atomic E-state index is 4.17. The Labute approximate surface area is 138 Å². The largest absolute Gasteiger partial charge is 0.0912 e. The molecule has 0 aliphatic heterocycles. The summed E-state index contributed by atoms with van der Waals surface area (Å²) in [5.41, 5.74) is 4.71. The third-order valence-electron chi connectivity index (χ3n) is 3.89. The molecule has 1 aliphatic rings. The van der Waals surface area contributed by atoms with E-state index in [9.17, 15) is 0 Å². The average molecular weight is 296 g/mol. The van der Waals surface area contributed by atoms with Gasteiger partial charge in [0.2, 0.25) is 0 Å². The molecule has 1 unspecified atom stereocenters. The van der Waals surface area contributed by atoms with Gasteiger partial charge in [0.1, 0.15) is 0 Å². The maximum Gasteiger partial charge on any atom is 0.0205 e. The molecule has 0 radical (unpaired) electrons. The SMILES string of the molecule is C=C(C=CC1C=CC=CC1=Cc1ccccc1)c1ccccc1. The van der Waals surface area contributed by atoms with Gasteiger partial charge in [0, 0.05) is 5.92 Å². The van der Waals surface area contributed by atoms with Crippen LogP contribution in [0.5, 0.6) is 0 Å². The van der Waals surface area contributed by atoms with Gasteiger partial charge in [0.15, 0.2) is 0 Å². The number of rotatable bonds is 4. The molecule has 0 fully saturated rings. The van der Waals surface area contributed by atoms with Crippen LogP contribution in [0.25, 0.3) is 11.6 Å². The van der Waals surface area contributed by atoms with Crippen LogP contribution in [0.15, 0.2) is 109 Å². The summed E-state index contributed by atoms with van der Waals surface area (Å²) < 4.78 is 0. The highest BCUT2D eigenvalue weighted by atomic mass is 14.1. The molecule has 1 atom stereocenters. The van der Waals surface area contributed by atoms with Crippen LogP contribution in [0.2, 0.25) is 0 Å². The van der Waals surface area contributed by atoms with Crippen LogP contribution in [0.1, 0.15) is 11.1 Å². The van der Waals surface area contributed by atoms with E-state index in [1.54, 1.807) is 0 Å². The van der Waals surface area contributed by atoms with Gasteiger partial charge in [-0.3, -0.25) is 0 Å². The fourth-order valence-corrected chi connectivity index (χ4v) is 2.60. The summed E-state index contributed by atoms with van der Waals surface area (Å²) in [6, 6.07) is 20.7. The second kappa shape index (κ2) is 7.42. The molecule has 0 bridgehead atoms. The predicted molar refractivity (Wildman–Crippen MR) is 101 cm³/mol. The first-order valence-electron chi connectivity index (χ1n) is 7.87. The van der Waals surface area contributed by atoms with E-state index in [1.807, 2.05) is 24.3 Å². The van der Waals surface area contributed by atoms with E-state index in [4.69, 9.17) is 0 Å². The molecule has 0 spiro atoms. The van der Waals surface area contributed by atoms with Crippen molar-refractivity contribution in [2.75, 3.05) is 0 Å². The van der Waals surface area contributed by atoms with Crippen molar-refractivity contribution in [2.24, 2.45) is 5.92 Å². The van der Waals surface area contributed by atoms with Crippen molar-refractivity contribution in [1.82, 2.24) is 0 Å². The highest BCUT2D eigenvalue weighted by Gasteiger charge is 2.08. The van der Waals surface area contributed by atoms with Gasteiger partial charge in [-0.15, -0.1) is 0 Å². The Hall–Kier alpha value is -2.86. The molecular formula is C23H20. The van der Waals surface area contributed by atoms with Crippen molar-refractivity contribution in [3.05, 3.63) is 120 Å². The standard InChI is InChI=1S/C23H20/c1-19(21-12-6-3-7-13-21)16-17-22-14-8-9-15-23(22)18-20-10-4-2-5-11-20/h2-18,22H,1H2. The van der Waals surface area contributed by atoms with Crippen LogP contribution in [0.4, 0.5) is 0 Å². The molecule has 0 saturated carbocycles. The van der Waals surface area contributed by atoms with E-state index in [0.717, 1.165) is 11.1 Å². The van der Waals surface area contributed by atoms with Crippen LogP contribution in [0, 0.1) is 5.92 Å². The quantitative estimate of drug-likeness (QED) is 0.600. The second-order valence-electron chi connectivity index (χ2n) is 5.58. The summed E-state index contributed by atoms with van der Waals surface area (Å²) >= 11 is 0. The van der Waals surface area contributed by atoms with Crippen LogP contribution in [0.3, 0.4) is 0 Å². The lowest BCUT2D eigenvalue weighted by Crippen LogP contribution is -1.98. The van der Waals surface area contributed by atoms with Gasteiger partial charge in [-0.1, -0.05) is 110 Å². The van der Waals surface area contributed by atoms with Gasteiger partial charge < -0.3 is 0 Å². The Bertz CT molecular complexity index is 771. The second-order valence-corrected chi connectivity index (χ2v) is 5.58. The molecule has 0 nitrogen and oxygen atoms in total. The lowest BCUT2D eigenvalue weighted by molar-refractivity contribution is 1.00. The molecule has 1 aliphatic carbocycles. The minimum Gasteiger partial charge on any atom is -0.0912 e. The maximum absolute atomic E-state index is 4.17. The first-order valence-corrected chi connectivity index (χ1v) is 7.87. The molecule has 3 rings (SSSR count). The lowest BCUT2D eigenvalue weighted by Gasteiger charge is -2.13. The first kappa shape index (κ1) is 15.1. The molecule has 0 aromatic heterocycles. The van der Waals surface area contributed by atoms with Gasteiger partial charge in [-0.05, 0) is 22.3 Å². The summed E-state index contributed by atoms with van der Waals surface area (Å²) in [5, 5.41) is 0. The Kier molecular flexibility index (Phi) is 4.85. The zero-order valence-corrected chi connectivity index (χ0v) is 13.1. The fraction of sp³-hybridized carbons (Fsp3) is 0.0435. The summed E-state index contributed by atoms with van der Waals surface area (Å²) in [6.07, 6.45) is 15.1. The Morgan fingerprint density at radius 3 is 2.30 bits per heavy atom. The number of benzene rings is 2. The molecule has 0 N–H and O–H groups in total. The zero-order chi connectivity index (χ0) is 15.9. The van der Waals surface area contributed by atoms with Crippen molar-refractivity contribution in [2.45, 2.75) is 0 Å². The lowest BCUT2D eigenvalue weighted by atomic mass is 9.91. The number of hydrogen-bond acceptors (Lipinski definition) is 0.